The van der Waals surface area contributed by atoms with Crippen molar-refractivity contribution in [3.63, 3.8) is 0 Å². The van der Waals surface area contributed by atoms with Crippen LogP contribution in [0.15, 0.2) is 34.7 Å². The van der Waals surface area contributed by atoms with E-state index in [0.29, 0.717) is 6.61 Å². The van der Waals surface area contributed by atoms with E-state index in [0.717, 1.165) is 0 Å². The molecule has 0 amide bonds. The summed E-state index contributed by atoms with van der Waals surface area (Å²) in [6, 6.07) is 7.57. The number of ketones is 3. The van der Waals surface area contributed by atoms with Gasteiger partial charge < -0.3 is 13.9 Å². The van der Waals surface area contributed by atoms with Gasteiger partial charge in [0.15, 0.2) is 17.3 Å². The van der Waals surface area contributed by atoms with Crippen molar-refractivity contribution in [1.82, 2.24) is 0 Å². The lowest BCUT2D eigenvalue weighted by molar-refractivity contribution is -0.144. The van der Waals surface area contributed by atoms with Gasteiger partial charge in [0, 0.05) is 17.7 Å². The summed E-state index contributed by atoms with van der Waals surface area (Å²) in [5.41, 5.74) is 0.524. The number of furan rings is 1. The normalized spacial score (nSPS) is 12.5. The Morgan fingerprint density at radius 3 is 2.38 bits per heavy atom. The summed E-state index contributed by atoms with van der Waals surface area (Å²) >= 11 is 0. The van der Waals surface area contributed by atoms with E-state index in [9.17, 15) is 19.2 Å². The summed E-state index contributed by atoms with van der Waals surface area (Å²) in [7, 11) is 0. The molecule has 1 aromatic heterocycles. The van der Waals surface area contributed by atoms with Gasteiger partial charge in [-0.3, -0.25) is 19.2 Å². The third-order valence-corrected chi connectivity index (χ3v) is 3.87. The third-order valence-electron chi connectivity index (χ3n) is 3.87. The number of esters is 1. The molecule has 134 valence electrons. The number of Topliss-reactive ketones (excluding diaryl/α,β-unsaturated/α-hetero) is 1. The molecule has 0 unspecified atom stereocenters. The minimum atomic E-state index is -0.731. The maximum atomic E-state index is 12.5. The molecule has 7 heteroatoms. The number of rotatable bonds is 7. The second-order valence-corrected chi connectivity index (χ2v) is 5.57. The summed E-state index contributed by atoms with van der Waals surface area (Å²) in [6.45, 7) is 2.59. The number of carbonyl (C=O) groups is 4. The first-order valence-corrected chi connectivity index (χ1v) is 8.11. The number of hydrogen-bond acceptors (Lipinski definition) is 7. The summed E-state index contributed by atoms with van der Waals surface area (Å²) in [6.07, 6.45) is -0.548. The van der Waals surface area contributed by atoms with Gasteiger partial charge in [0.1, 0.15) is 13.0 Å². The second-order valence-electron chi connectivity index (χ2n) is 5.57. The Labute approximate surface area is 148 Å². The minimum absolute atomic E-state index is 0.0294. The van der Waals surface area contributed by atoms with E-state index in [1.54, 1.807) is 18.2 Å². The van der Waals surface area contributed by atoms with E-state index in [1.165, 1.54) is 12.1 Å². The van der Waals surface area contributed by atoms with E-state index in [-0.39, 0.29) is 41.4 Å². The summed E-state index contributed by atoms with van der Waals surface area (Å²) in [4.78, 5) is 48.8. The molecule has 3 rings (SSSR count). The molecule has 0 atom stereocenters. The van der Waals surface area contributed by atoms with Crippen LogP contribution in [-0.4, -0.2) is 43.1 Å². The molecule has 0 N–H and O–H groups in total. The van der Waals surface area contributed by atoms with Crippen LogP contribution >= 0.6 is 0 Å². The Hall–Kier alpha value is -3.06. The summed E-state index contributed by atoms with van der Waals surface area (Å²) in [5, 5.41) is 0. The van der Waals surface area contributed by atoms with Crippen LogP contribution in [0.3, 0.4) is 0 Å². The molecule has 0 saturated heterocycles. The Morgan fingerprint density at radius 2 is 1.69 bits per heavy atom. The van der Waals surface area contributed by atoms with E-state index in [1.807, 2.05) is 6.92 Å². The lowest BCUT2D eigenvalue weighted by atomic mass is 9.88. The molecule has 0 bridgehead atoms. The fraction of sp³-hybridized carbons (Fsp3) is 0.263. The fourth-order valence-electron chi connectivity index (χ4n) is 2.64. The van der Waals surface area contributed by atoms with Crippen LogP contribution < -0.4 is 0 Å². The van der Waals surface area contributed by atoms with Crippen molar-refractivity contribution in [2.75, 3.05) is 19.8 Å². The maximum absolute atomic E-state index is 12.5. The first kappa shape index (κ1) is 17.8. The lowest BCUT2D eigenvalue weighted by Crippen LogP contribution is -2.18. The topological polar surface area (TPSA) is 99.9 Å². The molecule has 7 nitrogen and oxygen atoms in total. The number of ether oxygens (including phenoxy) is 2. The first-order valence-electron chi connectivity index (χ1n) is 8.11. The molecular weight excluding hydrogens is 340 g/mol. The Bertz CT molecular complexity index is 839. The van der Waals surface area contributed by atoms with Crippen LogP contribution in [0.5, 0.6) is 0 Å². The van der Waals surface area contributed by atoms with Crippen LogP contribution in [0.25, 0.3) is 0 Å². The van der Waals surface area contributed by atoms with Gasteiger partial charge in [0.05, 0.1) is 12.2 Å². The van der Waals surface area contributed by atoms with Crippen molar-refractivity contribution in [3.05, 3.63) is 58.5 Å². The molecule has 0 radical (unpaired) electrons. The highest BCUT2D eigenvalue weighted by molar-refractivity contribution is 6.28. The molecule has 26 heavy (non-hydrogen) atoms. The molecule has 0 spiro atoms. The molecule has 0 fully saturated rings. The zero-order chi connectivity index (χ0) is 18.7. The lowest BCUT2D eigenvalue weighted by Gasteiger charge is -2.11. The van der Waals surface area contributed by atoms with Crippen LogP contribution in [0.2, 0.25) is 0 Å². The highest BCUT2D eigenvalue weighted by atomic mass is 16.6. The molecular formula is C19H16O7. The minimum Gasteiger partial charge on any atom is -0.463 e. The number of benzene rings is 1. The van der Waals surface area contributed by atoms with E-state index in [4.69, 9.17) is 13.9 Å². The number of hydrogen-bond donors (Lipinski definition) is 0. The molecule has 1 aliphatic rings. The van der Waals surface area contributed by atoms with Crippen molar-refractivity contribution >= 4 is 23.3 Å². The standard InChI is InChI=1S/C19H16O7/c1-2-24-7-8-25-16(21)10-14(20)15-9-13-17(22)11-5-3-4-6-12(11)18(23)19(13)26-15/h3-6,9H,2,7-8,10H2,1H3. The predicted octanol–water partition coefficient (Wildman–Crippen LogP) is 2.21. The fourth-order valence-corrected chi connectivity index (χ4v) is 2.64. The molecule has 1 aromatic carbocycles. The smallest absolute Gasteiger partial charge is 0.313 e. The number of carbonyl (C=O) groups excluding carboxylic acids is 4. The van der Waals surface area contributed by atoms with Gasteiger partial charge in [0.2, 0.25) is 11.6 Å². The van der Waals surface area contributed by atoms with Gasteiger partial charge >= 0.3 is 5.97 Å². The zero-order valence-electron chi connectivity index (χ0n) is 14.1. The zero-order valence-corrected chi connectivity index (χ0v) is 14.1. The van der Waals surface area contributed by atoms with Crippen LogP contribution in [0.1, 0.15) is 55.9 Å². The van der Waals surface area contributed by atoms with Gasteiger partial charge in [0.25, 0.3) is 0 Å². The molecule has 0 saturated carbocycles. The van der Waals surface area contributed by atoms with Crippen LogP contribution in [-0.2, 0) is 14.3 Å². The Morgan fingerprint density at radius 1 is 1.00 bits per heavy atom. The van der Waals surface area contributed by atoms with Crippen LogP contribution in [0, 0.1) is 0 Å². The predicted molar refractivity (Wildman–Crippen MR) is 88.4 cm³/mol. The van der Waals surface area contributed by atoms with Gasteiger partial charge in [-0.15, -0.1) is 0 Å². The SMILES string of the molecule is CCOCCOC(=O)CC(=O)c1cc2c(o1)C(=O)c1ccccc1C2=O. The van der Waals surface area contributed by atoms with E-state index >= 15 is 0 Å². The highest BCUT2D eigenvalue weighted by Gasteiger charge is 2.34. The quantitative estimate of drug-likeness (QED) is 0.277. The van der Waals surface area contributed by atoms with E-state index < -0.39 is 29.7 Å². The van der Waals surface area contributed by atoms with Gasteiger partial charge in [-0.25, -0.2) is 0 Å². The summed E-state index contributed by atoms with van der Waals surface area (Å²) in [5.74, 6) is -2.64. The number of fused-ring (bicyclic) bond motifs is 2. The Balaban J connectivity index is 1.74. The molecule has 1 heterocycles. The largest absolute Gasteiger partial charge is 0.463 e. The van der Waals surface area contributed by atoms with Crippen molar-refractivity contribution < 1.29 is 33.1 Å². The average Bonchev–Trinajstić information content (AvgIpc) is 3.09. The van der Waals surface area contributed by atoms with Crippen LogP contribution in [0.4, 0.5) is 0 Å². The Kier molecular flexibility index (Phi) is 5.09. The molecule has 2 aromatic rings. The average molecular weight is 356 g/mol. The van der Waals surface area contributed by atoms with Crippen molar-refractivity contribution in [3.8, 4) is 0 Å². The maximum Gasteiger partial charge on any atom is 0.313 e. The second kappa shape index (κ2) is 7.45. The van der Waals surface area contributed by atoms with Gasteiger partial charge in [-0.1, -0.05) is 24.3 Å². The van der Waals surface area contributed by atoms with Gasteiger partial charge in [-0.2, -0.15) is 0 Å². The highest BCUT2D eigenvalue weighted by Crippen LogP contribution is 2.29. The van der Waals surface area contributed by atoms with E-state index in [2.05, 4.69) is 0 Å². The first-order chi connectivity index (χ1) is 12.5. The van der Waals surface area contributed by atoms with Crippen molar-refractivity contribution in [1.29, 1.82) is 0 Å². The monoisotopic (exact) mass is 356 g/mol. The summed E-state index contributed by atoms with van der Waals surface area (Å²) < 4.78 is 15.2. The third kappa shape index (κ3) is 3.34. The van der Waals surface area contributed by atoms with Crippen molar-refractivity contribution in [2.45, 2.75) is 13.3 Å². The molecule has 1 aliphatic carbocycles. The van der Waals surface area contributed by atoms with Crippen molar-refractivity contribution in [2.24, 2.45) is 0 Å². The molecule has 0 aliphatic heterocycles. The van der Waals surface area contributed by atoms with Gasteiger partial charge in [-0.05, 0) is 13.0 Å².